The van der Waals surface area contributed by atoms with Crippen LogP contribution < -0.4 is 5.32 Å². The molecule has 2 bridgehead atoms. The maximum absolute atomic E-state index is 9.99. The van der Waals surface area contributed by atoms with Gasteiger partial charge in [0.25, 0.3) is 0 Å². The van der Waals surface area contributed by atoms with E-state index in [-0.39, 0.29) is 6.10 Å². The van der Waals surface area contributed by atoms with Crippen molar-refractivity contribution in [3.63, 3.8) is 0 Å². The molecule has 0 spiro atoms. The Morgan fingerprint density at radius 3 is 2.95 bits per heavy atom. The van der Waals surface area contributed by atoms with Crippen molar-refractivity contribution in [3.05, 3.63) is 12.7 Å². The summed E-state index contributed by atoms with van der Waals surface area (Å²) in [5.74, 6) is 1.81. The Hall–Kier alpha value is -1.69. The number of imidazole rings is 1. The molecule has 6 heteroatoms. The SMILES string of the molecule is Cn1cnc2c(N[C@@H]3C[C@H]4C[C@@H]3[C@H](O)C4)ncnc21. The molecular formula is C13H17N5O. The van der Waals surface area contributed by atoms with Gasteiger partial charge in [-0.25, -0.2) is 15.0 Å². The zero-order chi connectivity index (χ0) is 13.0. The third-order valence-corrected chi connectivity index (χ3v) is 4.60. The van der Waals surface area contributed by atoms with Crippen molar-refractivity contribution in [2.24, 2.45) is 18.9 Å². The van der Waals surface area contributed by atoms with E-state index in [9.17, 15) is 5.11 Å². The monoisotopic (exact) mass is 259 g/mol. The van der Waals surface area contributed by atoms with Crippen molar-refractivity contribution in [1.29, 1.82) is 0 Å². The summed E-state index contributed by atoms with van der Waals surface area (Å²) in [5.41, 5.74) is 1.64. The quantitative estimate of drug-likeness (QED) is 0.839. The van der Waals surface area contributed by atoms with Gasteiger partial charge in [0.15, 0.2) is 11.5 Å². The van der Waals surface area contributed by atoms with E-state index in [1.165, 1.54) is 0 Å². The number of aromatic nitrogens is 4. The molecule has 2 fully saturated rings. The summed E-state index contributed by atoms with van der Waals surface area (Å²) in [5, 5.41) is 13.5. The second-order valence-electron chi connectivity index (χ2n) is 5.81. The molecule has 2 aromatic heterocycles. The second-order valence-corrected chi connectivity index (χ2v) is 5.81. The standard InChI is InChI=1S/C13H17N5O/c1-18-6-16-11-12(14-5-15-13(11)18)17-9-3-7-2-8(9)10(19)4-7/h5-10,19H,2-4H2,1H3,(H,14,15,17)/t7-,8+,9-,10-/m1/s1. The van der Waals surface area contributed by atoms with Crippen LogP contribution >= 0.6 is 0 Å². The number of hydrogen-bond acceptors (Lipinski definition) is 5. The van der Waals surface area contributed by atoms with Crippen LogP contribution in [-0.4, -0.2) is 36.8 Å². The zero-order valence-corrected chi connectivity index (χ0v) is 10.8. The lowest BCUT2D eigenvalue weighted by molar-refractivity contribution is 0.107. The maximum Gasteiger partial charge on any atom is 0.165 e. The van der Waals surface area contributed by atoms with Crippen LogP contribution in [0.1, 0.15) is 19.3 Å². The summed E-state index contributed by atoms with van der Waals surface area (Å²) in [6.45, 7) is 0. The van der Waals surface area contributed by atoms with E-state index in [2.05, 4.69) is 20.3 Å². The Labute approximate surface area is 110 Å². The van der Waals surface area contributed by atoms with Gasteiger partial charge in [-0.3, -0.25) is 0 Å². The fraction of sp³-hybridized carbons (Fsp3) is 0.615. The van der Waals surface area contributed by atoms with E-state index in [0.29, 0.717) is 17.9 Å². The molecule has 0 aliphatic heterocycles. The number of aryl methyl sites for hydroxylation is 1. The molecule has 0 radical (unpaired) electrons. The Morgan fingerprint density at radius 1 is 1.26 bits per heavy atom. The number of aliphatic hydroxyl groups excluding tert-OH is 1. The molecule has 0 unspecified atom stereocenters. The van der Waals surface area contributed by atoms with Gasteiger partial charge in [0, 0.05) is 19.0 Å². The van der Waals surface area contributed by atoms with Crippen molar-refractivity contribution in [2.45, 2.75) is 31.4 Å². The Balaban J connectivity index is 1.65. The number of anilines is 1. The van der Waals surface area contributed by atoms with Gasteiger partial charge in [-0.1, -0.05) is 0 Å². The molecule has 2 N–H and O–H groups in total. The zero-order valence-electron chi connectivity index (χ0n) is 10.8. The first-order valence-electron chi connectivity index (χ1n) is 6.79. The molecule has 2 saturated carbocycles. The van der Waals surface area contributed by atoms with Crippen LogP contribution in [0.4, 0.5) is 5.82 Å². The van der Waals surface area contributed by atoms with Crippen LogP contribution in [0, 0.1) is 11.8 Å². The van der Waals surface area contributed by atoms with Crippen molar-refractivity contribution in [3.8, 4) is 0 Å². The highest BCUT2D eigenvalue weighted by Crippen LogP contribution is 2.45. The highest BCUT2D eigenvalue weighted by atomic mass is 16.3. The summed E-state index contributed by atoms with van der Waals surface area (Å²) < 4.78 is 1.89. The van der Waals surface area contributed by atoms with Crippen molar-refractivity contribution < 1.29 is 5.11 Å². The summed E-state index contributed by atoms with van der Waals surface area (Å²) in [4.78, 5) is 12.9. The average molecular weight is 259 g/mol. The van der Waals surface area contributed by atoms with Gasteiger partial charge in [0.2, 0.25) is 0 Å². The highest BCUT2D eigenvalue weighted by molar-refractivity contribution is 5.82. The number of nitrogens with zero attached hydrogens (tertiary/aromatic N) is 4. The Kier molecular flexibility index (Phi) is 2.29. The van der Waals surface area contributed by atoms with Gasteiger partial charge in [-0.15, -0.1) is 0 Å². The summed E-state index contributed by atoms with van der Waals surface area (Å²) in [7, 11) is 1.92. The van der Waals surface area contributed by atoms with E-state index in [1.807, 2.05) is 11.6 Å². The Morgan fingerprint density at radius 2 is 2.16 bits per heavy atom. The number of rotatable bonds is 2. The lowest BCUT2D eigenvalue weighted by Gasteiger charge is -2.27. The number of hydrogen-bond donors (Lipinski definition) is 2. The molecule has 0 saturated heterocycles. The molecule has 2 aromatic rings. The normalized spacial score (nSPS) is 33.2. The van der Waals surface area contributed by atoms with Crippen molar-refractivity contribution in [1.82, 2.24) is 19.5 Å². The molecule has 2 heterocycles. The lowest BCUT2D eigenvalue weighted by Crippen LogP contribution is -2.34. The summed E-state index contributed by atoms with van der Waals surface area (Å²) in [6, 6.07) is 0.314. The Bertz CT molecular complexity index is 625. The van der Waals surface area contributed by atoms with E-state index < -0.39 is 0 Å². The van der Waals surface area contributed by atoms with Gasteiger partial charge in [0.05, 0.1) is 12.4 Å². The fourth-order valence-electron chi connectivity index (χ4n) is 3.71. The van der Waals surface area contributed by atoms with Gasteiger partial charge < -0.3 is 15.0 Å². The third-order valence-electron chi connectivity index (χ3n) is 4.60. The lowest BCUT2D eigenvalue weighted by atomic mass is 9.93. The maximum atomic E-state index is 9.99. The fourth-order valence-corrected chi connectivity index (χ4v) is 3.71. The van der Waals surface area contributed by atoms with Crippen LogP contribution in [-0.2, 0) is 7.05 Å². The molecule has 0 amide bonds. The molecule has 6 nitrogen and oxygen atoms in total. The van der Waals surface area contributed by atoms with Crippen molar-refractivity contribution in [2.75, 3.05) is 5.32 Å². The smallest absolute Gasteiger partial charge is 0.165 e. The van der Waals surface area contributed by atoms with Gasteiger partial charge >= 0.3 is 0 Å². The molecule has 2 aliphatic carbocycles. The molecule has 0 aromatic carbocycles. The van der Waals surface area contributed by atoms with Crippen LogP contribution in [0.5, 0.6) is 0 Å². The number of aliphatic hydroxyl groups is 1. The molecule has 19 heavy (non-hydrogen) atoms. The average Bonchev–Trinajstić information content (AvgIpc) is 3.05. The molecular weight excluding hydrogens is 242 g/mol. The molecule has 4 atom stereocenters. The predicted molar refractivity (Wildman–Crippen MR) is 70.6 cm³/mol. The first kappa shape index (κ1) is 11.2. The van der Waals surface area contributed by atoms with Gasteiger partial charge in [-0.2, -0.15) is 0 Å². The molecule has 100 valence electrons. The number of nitrogens with one attached hydrogen (secondary N) is 1. The van der Waals surface area contributed by atoms with E-state index in [1.54, 1.807) is 12.7 Å². The second kappa shape index (κ2) is 3.90. The third kappa shape index (κ3) is 1.63. The van der Waals surface area contributed by atoms with Crippen molar-refractivity contribution >= 4 is 17.0 Å². The van der Waals surface area contributed by atoms with Crippen LogP contribution in [0.25, 0.3) is 11.2 Å². The van der Waals surface area contributed by atoms with Crippen LogP contribution in [0.15, 0.2) is 12.7 Å². The van der Waals surface area contributed by atoms with E-state index in [4.69, 9.17) is 0 Å². The minimum Gasteiger partial charge on any atom is -0.393 e. The summed E-state index contributed by atoms with van der Waals surface area (Å²) in [6.07, 6.45) is 6.38. The minimum atomic E-state index is -0.155. The molecule has 2 aliphatic rings. The topological polar surface area (TPSA) is 75.9 Å². The number of fused-ring (bicyclic) bond motifs is 3. The largest absolute Gasteiger partial charge is 0.393 e. The van der Waals surface area contributed by atoms with Crippen LogP contribution in [0.3, 0.4) is 0 Å². The molecule has 4 rings (SSSR count). The van der Waals surface area contributed by atoms with Gasteiger partial charge in [0.1, 0.15) is 11.8 Å². The van der Waals surface area contributed by atoms with E-state index >= 15 is 0 Å². The highest BCUT2D eigenvalue weighted by Gasteiger charge is 2.45. The van der Waals surface area contributed by atoms with Gasteiger partial charge in [-0.05, 0) is 25.2 Å². The van der Waals surface area contributed by atoms with E-state index in [0.717, 1.165) is 36.2 Å². The first-order chi connectivity index (χ1) is 9.22. The minimum absolute atomic E-state index is 0.155. The first-order valence-corrected chi connectivity index (χ1v) is 6.79. The van der Waals surface area contributed by atoms with Crippen LogP contribution in [0.2, 0.25) is 0 Å². The summed E-state index contributed by atoms with van der Waals surface area (Å²) >= 11 is 0. The predicted octanol–water partition coefficient (Wildman–Crippen LogP) is 0.935.